The van der Waals surface area contributed by atoms with Crippen LogP contribution in [0, 0.1) is 11.8 Å². The lowest BCUT2D eigenvalue weighted by Crippen LogP contribution is -2.44. The highest BCUT2D eigenvalue weighted by atomic mass is 16.2. The minimum atomic E-state index is 0.116. The SMILES string of the molecule is O=C(CN1CC[C@H]2CCCC[C@@H]2C1)Nc1ccccc1. The van der Waals surface area contributed by atoms with E-state index in [-0.39, 0.29) is 5.91 Å². The van der Waals surface area contributed by atoms with Crippen LogP contribution in [0.4, 0.5) is 5.69 Å². The fourth-order valence-corrected chi connectivity index (χ4v) is 3.74. The lowest BCUT2D eigenvalue weighted by Gasteiger charge is -2.41. The minimum absolute atomic E-state index is 0.116. The Labute approximate surface area is 121 Å². The summed E-state index contributed by atoms with van der Waals surface area (Å²) in [6, 6.07) is 9.73. The molecule has 0 aromatic heterocycles. The molecule has 1 amide bonds. The summed E-state index contributed by atoms with van der Waals surface area (Å²) < 4.78 is 0. The fourth-order valence-electron chi connectivity index (χ4n) is 3.74. The number of hydrogen-bond donors (Lipinski definition) is 1. The molecule has 2 atom stereocenters. The first-order valence-corrected chi connectivity index (χ1v) is 7.88. The summed E-state index contributed by atoms with van der Waals surface area (Å²) in [7, 11) is 0. The Hall–Kier alpha value is -1.35. The second-order valence-corrected chi connectivity index (χ2v) is 6.24. The van der Waals surface area contributed by atoms with E-state index in [2.05, 4.69) is 10.2 Å². The average Bonchev–Trinajstić information content (AvgIpc) is 2.48. The number of amides is 1. The number of nitrogens with zero attached hydrogens (tertiary/aromatic N) is 1. The molecular weight excluding hydrogens is 248 g/mol. The molecule has 1 aliphatic carbocycles. The highest BCUT2D eigenvalue weighted by Gasteiger charge is 2.31. The van der Waals surface area contributed by atoms with E-state index in [4.69, 9.17) is 0 Å². The molecule has 1 aromatic carbocycles. The maximum atomic E-state index is 12.1. The van der Waals surface area contributed by atoms with E-state index >= 15 is 0 Å². The molecular formula is C17H24N2O. The van der Waals surface area contributed by atoms with Gasteiger partial charge in [-0.15, -0.1) is 0 Å². The van der Waals surface area contributed by atoms with E-state index in [1.54, 1.807) is 0 Å². The molecule has 3 heteroatoms. The normalized spacial score (nSPS) is 26.8. The quantitative estimate of drug-likeness (QED) is 0.917. The van der Waals surface area contributed by atoms with Crippen molar-refractivity contribution in [3.63, 3.8) is 0 Å². The molecule has 2 fully saturated rings. The van der Waals surface area contributed by atoms with Crippen molar-refractivity contribution in [2.24, 2.45) is 11.8 Å². The number of hydrogen-bond acceptors (Lipinski definition) is 2. The average molecular weight is 272 g/mol. The number of likely N-dealkylation sites (tertiary alicyclic amines) is 1. The van der Waals surface area contributed by atoms with Crippen LogP contribution in [0.3, 0.4) is 0 Å². The maximum Gasteiger partial charge on any atom is 0.238 e. The van der Waals surface area contributed by atoms with Crippen LogP contribution in [-0.4, -0.2) is 30.4 Å². The van der Waals surface area contributed by atoms with E-state index in [0.29, 0.717) is 6.54 Å². The van der Waals surface area contributed by atoms with Gasteiger partial charge in [-0.1, -0.05) is 37.5 Å². The standard InChI is InChI=1S/C17H24N2O/c20-17(18-16-8-2-1-3-9-16)13-19-11-10-14-6-4-5-7-15(14)12-19/h1-3,8-9,14-15H,4-7,10-13H2,(H,18,20)/t14-,15-/m1/s1. The summed E-state index contributed by atoms with van der Waals surface area (Å²) in [6.45, 7) is 2.74. The van der Waals surface area contributed by atoms with Crippen molar-refractivity contribution in [2.75, 3.05) is 25.0 Å². The van der Waals surface area contributed by atoms with Crippen LogP contribution in [0.2, 0.25) is 0 Å². The van der Waals surface area contributed by atoms with E-state index in [9.17, 15) is 4.79 Å². The number of anilines is 1. The summed E-state index contributed by atoms with van der Waals surface area (Å²) in [5.41, 5.74) is 0.894. The zero-order valence-corrected chi connectivity index (χ0v) is 12.1. The van der Waals surface area contributed by atoms with E-state index in [1.807, 2.05) is 30.3 Å². The van der Waals surface area contributed by atoms with Gasteiger partial charge in [-0.25, -0.2) is 0 Å². The van der Waals surface area contributed by atoms with Crippen LogP contribution >= 0.6 is 0 Å². The molecule has 2 aliphatic rings. The van der Waals surface area contributed by atoms with Crippen molar-refractivity contribution < 1.29 is 4.79 Å². The van der Waals surface area contributed by atoms with Crippen LogP contribution < -0.4 is 5.32 Å². The van der Waals surface area contributed by atoms with E-state index in [0.717, 1.165) is 30.6 Å². The van der Waals surface area contributed by atoms with Gasteiger partial charge in [-0.3, -0.25) is 9.69 Å². The lowest BCUT2D eigenvalue weighted by atomic mass is 9.75. The molecule has 0 bridgehead atoms. The first kappa shape index (κ1) is 13.6. The number of fused-ring (bicyclic) bond motifs is 1. The van der Waals surface area contributed by atoms with Gasteiger partial charge >= 0.3 is 0 Å². The molecule has 20 heavy (non-hydrogen) atoms. The van der Waals surface area contributed by atoms with Crippen LogP contribution in [0.15, 0.2) is 30.3 Å². The fraction of sp³-hybridized carbons (Fsp3) is 0.588. The number of rotatable bonds is 3. The summed E-state index contributed by atoms with van der Waals surface area (Å²) in [6.07, 6.45) is 6.85. The van der Waals surface area contributed by atoms with Crippen molar-refractivity contribution >= 4 is 11.6 Å². The highest BCUT2D eigenvalue weighted by molar-refractivity contribution is 5.92. The third-order valence-electron chi connectivity index (χ3n) is 4.80. The predicted molar refractivity (Wildman–Crippen MR) is 81.6 cm³/mol. The summed E-state index contributed by atoms with van der Waals surface area (Å²) in [4.78, 5) is 14.4. The maximum absolute atomic E-state index is 12.1. The molecule has 3 rings (SSSR count). The Balaban J connectivity index is 1.49. The van der Waals surface area contributed by atoms with Gasteiger partial charge in [0.1, 0.15) is 0 Å². The second kappa shape index (κ2) is 6.40. The Morgan fingerprint density at radius 2 is 1.85 bits per heavy atom. The lowest BCUT2D eigenvalue weighted by molar-refractivity contribution is -0.118. The van der Waals surface area contributed by atoms with E-state index < -0.39 is 0 Å². The van der Waals surface area contributed by atoms with Gasteiger partial charge in [0.25, 0.3) is 0 Å². The number of benzene rings is 1. The topological polar surface area (TPSA) is 32.3 Å². The Morgan fingerprint density at radius 1 is 1.10 bits per heavy atom. The van der Waals surface area contributed by atoms with Crippen LogP contribution in [-0.2, 0) is 4.79 Å². The second-order valence-electron chi connectivity index (χ2n) is 6.24. The Kier molecular flexibility index (Phi) is 4.36. The van der Waals surface area contributed by atoms with Crippen molar-refractivity contribution in [1.29, 1.82) is 0 Å². The minimum Gasteiger partial charge on any atom is -0.325 e. The van der Waals surface area contributed by atoms with Crippen molar-refractivity contribution in [1.82, 2.24) is 4.90 Å². The van der Waals surface area contributed by atoms with Crippen molar-refractivity contribution in [3.8, 4) is 0 Å². The molecule has 108 valence electrons. The van der Waals surface area contributed by atoms with Crippen LogP contribution in [0.25, 0.3) is 0 Å². The monoisotopic (exact) mass is 272 g/mol. The molecule has 0 radical (unpaired) electrons. The van der Waals surface area contributed by atoms with Gasteiger partial charge in [0.15, 0.2) is 0 Å². The Bertz CT molecular complexity index is 446. The Morgan fingerprint density at radius 3 is 2.65 bits per heavy atom. The van der Waals surface area contributed by atoms with Crippen molar-refractivity contribution in [3.05, 3.63) is 30.3 Å². The van der Waals surface area contributed by atoms with Gasteiger partial charge in [0.2, 0.25) is 5.91 Å². The van der Waals surface area contributed by atoms with Gasteiger partial charge in [-0.05, 0) is 43.4 Å². The number of carbonyl (C=O) groups excluding carboxylic acids is 1. The molecule has 0 unspecified atom stereocenters. The molecule has 1 aromatic rings. The van der Waals surface area contributed by atoms with Gasteiger partial charge in [0, 0.05) is 12.2 Å². The summed E-state index contributed by atoms with van der Waals surface area (Å²) in [5.74, 6) is 1.88. The van der Waals surface area contributed by atoms with Crippen LogP contribution in [0.5, 0.6) is 0 Å². The molecule has 1 saturated carbocycles. The largest absolute Gasteiger partial charge is 0.325 e. The van der Waals surface area contributed by atoms with Gasteiger partial charge in [0.05, 0.1) is 6.54 Å². The number of para-hydroxylation sites is 1. The van der Waals surface area contributed by atoms with Crippen molar-refractivity contribution in [2.45, 2.75) is 32.1 Å². The number of carbonyl (C=O) groups is 1. The molecule has 1 saturated heterocycles. The molecule has 0 spiro atoms. The van der Waals surface area contributed by atoms with Gasteiger partial charge in [-0.2, -0.15) is 0 Å². The zero-order chi connectivity index (χ0) is 13.8. The summed E-state index contributed by atoms with van der Waals surface area (Å²) >= 11 is 0. The van der Waals surface area contributed by atoms with E-state index in [1.165, 1.54) is 32.1 Å². The molecule has 1 heterocycles. The molecule has 3 nitrogen and oxygen atoms in total. The molecule has 1 aliphatic heterocycles. The third-order valence-corrected chi connectivity index (χ3v) is 4.80. The third kappa shape index (κ3) is 3.40. The zero-order valence-electron chi connectivity index (χ0n) is 12.1. The summed E-state index contributed by atoms with van der Waals surface area (Å²) in [5, 5.41) is 2.98. The van der Waals surface area contributed by atoms with Gasteiger partial charge < -0.3 is 5.32 Å². The first-order chi connectivity index (χ1) is 9.81. The van der Waals surface area contributed by atoms with Crippen LogP contribution in [0.1, 0.15) is 32.1 Å². The smallest absolute Gasteiger partial charge is 0.238 e. The number of nitrogens with one attached hydrogen (secondary N) is 1. The predicted octanol–water partition coefficient (Wildman–Crippen LogP) is 3.14. The molecule has 1 N–H and O–H groups in total. The highest BCUT2D eigenvalue weighted by Crippen LogP contribution is 2.35. The first-order valence-electron chi connectivity index (χ1n) is 7.88. The number of piperidine rings is 1.